The van der Waals surface area contributed by atoms with Crippen LogP contribution in [-0.4, -0.2) is 34.9 Å². The van der Waals surface area contributed by atoms with E-state index in [1.54, 1.807) is 11.1 Å². The van der Waals surface area contributed by atoms with E-state index in [2.05, 4.69) is 4.98 Å². The molecule has 0 saturated carbocycles. The monoisotopic (exact) mass is 197 g/mol. The fourth-order valence-corrected chi connectivity index (χ4v) is 2.04. The summed E-state index contributed by atoms with van der Waals surface area (Å²) in [4.78, 5) is 18.1. The van der Waals surface area contributed by atoms with Crippen LogP contribution in [0.4, 0.5) is 0 Å². The maximum atomic E-state index is 11.6. The van der Waals surface area contributed by atoms with Gasteiger partial charge in [0, 0.05) is 19.1 Å². The van der Waals surface area contributed by atoms with Gasteiger partial charge in [0.25, 0.3) is 5.91 Å². The van der Waals surface area contributed by atoms with Crippen molar-refractivity contribution in [2.75, 3.05) is 13.1 Å². The summed E-state index contributed by atoms with van der Waals surface area (Å²) >= 11 is 1.43. The number of aryl methyl sites for hydroxylation is 1. The third kappa shape index (κ3) is 1.57. The average molecular weight is 197 g/mol. The van der Waals surface area contributed by atoms with Crippen LogP contribution in [0, 0.1) is 6.92 Å². The highest BCUT2D eigenvalue weighted by Crippen LogP contribution is 2.17. The minimum atomic E-state index is 0.0623. The van der Waals surface area contributed by atoms with Crippen LogP contribution >= 0.6 is 11.3 Å². The van der Waals surface area contributed by atoms with Gasteiger partial charge in [0.05, 0.1) is 11.2 Å². The Morgan fingerprint density at radius 2 is 2.46 bits per heavy atom. The first-order valence-corrected chi connectivity index (χ1v) is 4.96. The van der Waals surface area contributed by atoms with Gasteiger partial charge in [-0.15, -0.1) is 11.3 Å². The summed E-state index contributed by atoms with van der Waals surface area (Å²) in [5, 5.41) is 0.924. The van der Waals surface area contributed by atoms with E-state index in [-0.39, 0.29) is 11.9 Å². The first-order chi connectivity index (χ1) is 6.16. The lowest BCUT2D eigenvalue weighted by atomic mass is 10.1. The van der Waals surface area contributed by atoms with E-state index in [1.807, 2.05) is 6.92 Å². The summed E-state index contributed by atoms with van der Waals surface area (Å²) < 4.78 is 0. The molecular weight excluding hydrogens is 186 g/mol. The number of rotatable bonds is 1. The number of aromatic nitrogens is 1. The maximum Gasteiger partial charge on any atom is 0.265 e. The molecule has 1 aliphatic rings. The van der Waals surface area contributed by atoms with Crippen molar-refractivity contribution in [2.24, 2.45) is 5.73 Å². The largest absolute Gasteiger partial charge is 0.335 e. The number of likely N-dealkylation sites (tertiary alicyclic amines) is 1. The highest BCUT2D eigenvalue weighted by atomic mass is 32.1. The molecule has 70 valence electrons. The number of nitrogens with zero attached hydrogens (tertiary/aromatic N) is 2. The number of thiazole rings is 1. The highest BCUT2D eigenvalue weighted by Gasteiger charge is 2.29. The van der Waals surface area contributed by atoms with Crippen LogP contribution in [0.3, 0.4) is 0 Å². The molecule has 0 bridgehead atoms. The van der Waals surface area contributed by atoms with Crippen molar-refractivity contribution in [3.8, 4) is 0 Å². The lowest BCUT2D eigenvalue weighted by molar-refractivity contribution is 0.0613. The molecule has 0 unspecified atom stereocenters. The standard InChI is InChI=1S/C8H11N3OS/c1-5-10-2-7(13-5)8(12)11-3-6(9)4-11/h2,6H,3-4,9H2,1H3. The Balaban J connectivity index is 2.06. The second-order valence-corrected chi connectivity index (χ2v) is 4.45. The molecule has 1 aromatic rings. The van der Waals surface area contributed by atoms with Crippen molar-refractivity contribution in [1.29, 1.82) is 0 Å². The summed E-state index contributed by atoms with van der Waals surface area (Å²) in [6, 6.07) is 0.165. The molecule has 0 radical (unpaired) electrons. The molecule has 1 saturated heterocycles. The minimum Gasteiger partial charge on any atom is -0.335 e. The van der Waals surface area contributed by atoms with Crippen LogP contribution in [0.25, 0.3) is 0 Å². The van der Waals surface area contributed by atoms with E-state index in [1.165, 1.54) is 11.3 Å². The number of hydrogen-bond acceptors (Lipinski definition) is 4. The Labute approximate surface area is 80.4 Å². The van der Waals surface area contributed by atoms with Crippen LogP contribution in [0.2, 0.25) is 0 Å². The number of carbonyl (C=O) groups excluding carboxylic acids is 1. The molecule has 2 N–H and O–H groups in total. The molecule has 4 nitrogen and oxygen atoms in total. The lowest BCUT2D eigenvalue weighted by Gasteiger charge is -2.36. The predicted molar refractivity (Wildman–Crippen MR) is 50.7 cm³/mol. The molecular formula is C8H11N3OS. The van der Waals surface area contributed by atoms with Crippen LogP contribution in [0.1, 0.15) is 14.7 Å². The minimum absolute atomic E-state index is 0.0623. The fourth-order valence-electron chi connectivity index (χ4n) is 1.29. The van der Waals surface area contributed by atoms with E-state index in [0.29, 0.717) is 18.0 Å². The SMILES string of the molecule is Cc1ncc(C(=O)N2CC(N)C2)s1. The molecule has 13 heavy (non-hydrogen) atoms. The van der Waals surface area contributed by atoms with E-state index < -0.39 is 0 Å². The zero-order valence-corrected chi connectivity index (χ0v) is 8.17. The Morgan fingerprint density at radius 3 is 2.92 bits per heavy atom. The second kappa shape index (κ2) is 3.08. The van der Waals surface area contributed by atoms with Gasteiger partial charge in [-0.2, -0.15) is 0 Å². The maximum absolute atomic E-state index is 11.6. The van der Waals surface area contributed by atoms with Crippen molar-refractivity contribution < 1.29 is 4.79 Å². The molecule has 0 aliphatic carbocycles. The van der Waals surface area contributed by atoms with E-state index in [4.69, 9.17) is 5.73 Å². The molecule has 0 atom stereocenters. The van der Waals surface area contributed by atoms with Gasteiger partial charge in [0.1, 0.15) is 4.88 Å². The highest BCUT2D eigenvalue weighted by molar-refractivity contribution is 7.13. The Hall–Kier alpha value is -0.940. The Morgan fingerprint density at radius 1 is 1.77 bits per heavy atom. The number of amides is 1. The van der Waals surface area contributed by atoms with Crippen LogP contribution < -0.4 is 5.73 Å². The molecule has 1 aliphatic heterocycles. The third-order valence-electron chi connectivity index (χ3n) is 2.03. The van der Waals surface area contributed by atoms with Gasteiger partial charge < -0.3 is 10.6 Å². The Bertz CT molecular complexity index is 330. The summed E-state index contributed by atoms with van der Waals surface area (Å²) in [5.74, 6) is 0.0623. The van der Waals surface area contributed by atoms with Crippen molar-refractivity contribution in [3.05, 3.63) is 16.1 Å². The first-order valence-electron chi connectivity index (χ1n) is 4.14. The number of carbonyl (C=O) groups is 1. The van der Waals surface area contributed by atoms with Gasteiger partial charge in [-0.25, -0.2) is 4.98 Å². The molecule has 5 heteroatoms. The van der Waals surface area contributed by atoms with Crippen molar-refractivity contribution in [2.45, 2.75) is 13.0 Å². The predicted octanol–water partition coefficient (Wildman–Crippen LogP) is 0.235. The molecule has 1 fully saturated rings. The molecule has 0 spiro atoms. The summed E-state index contributed by atoms with van der Waals surface area (Å²) in [6.45, 7) is 3.24. The van der Waals surface area contributed by atoms with Gasteiger partial charge in [-0.3, -0.25) is 4.79 Å². The Kier molecular flexibility index (Phi) is 2.05. The van der Waals surface area contributed by atoms with Crippen LogP contribution in [0.15, 0.2) is 6.20 Å². The van der Waals surface area contributed by atoms with Gasteiger partial charge in [0.2, 0.25) is 0 Å². The first kappa shape index (κ1) is 8.65. The van der Waals surface area contributed by atoms with Crippen molar-refractivity contribution >= 4 is 17.2 Å². The van der Waals surface area contributed by atoms with E-state index in [9.17, 15) is 4.79 Å². The summed E-state index contributed by atoms with van der Waals surface area (Å²) in [5.41, 5.74) is 5.58. The van der Waals surface area contributed by atoms with Crippen LogP contribution in [-0.2, 0) is 0 Å². The smallest absolute Gasteiger partial charge is 0.265 e. The summed E-state index contributed by atoms with van der Waals surface area (Å²) in [6.07, 6.45) is 1.63. The van der Waals surface area contributed by atoms with Crippen molar-refractivity contribution in [1.82, 2.24) is 9.88 Å². The zero-order valence-electron chi connectivity index (χ0n) is 7.36. The van der Waals surface area contributed by atoms with Gasteiger partial charge in [-0.1, -0.05) is 0 Å². The quantitative estimate of drug-likeness (QED) is 0.701. The molecule has 1 aromatic heterocycles. The van der Waals surface area contributed by atoms with E-state index in [0.717, 1.165) is 5.01 Å². The lowest BCUT2D eigenvalue weighted by Crippen LogP contribution is -2.57. The van der Waals surface area contributed by atoms with Gasteiger partial charge in [0.15, 0.2) is 0 Å². The molecule has 2 rings (SSSR count). The topological polar surface area (TPSA) is 59.2 Å². The number of hydrogen-bond donors (Lipinski definition) is 1. The molecule has 1 amide bonds. The average Bonchev–Trinajstić information content (AvgIpc) is 2.45. The van der Waals surface area contributed by atoms with Gasteiger partial charge >= 0.3 is 0 Å². The van der Waals surface area contributed by atoms with Gasteiger partial charge in [-0.05, 0) is 6.92 Å². The zero-order chi connectivity index (χ0) is 9.42. The van der Waals surface area contributed by atoms with E-state index >= 15 is 0 Å². The molecule has 2 heterocycles. The van der Waals surface area contributed by atoms with Crippen LogP contribution in [0.5, 0.6) is 0 Å². The molecule has 0 aromatic carbocycles. The number of nitrogens with two attached hydrogens (primary N) is 1. The normalized spacial score (nSPS) is 17.2. The second-order valence-electron chi connectivity index (χ2n) is 3.21. The third-order valence-corrected chi connectivity index (χ3v) is 2.93. The van der Waals surface area contributed by atoms with Crippen molar-refractivity contribution in [3.63, 3.8) is 0 Å². The fraction of sp³-hybridized carbons (Fsp3) is 0.500. The summed E-state index contributed by atoms with van der Waals surface area (Å²) in [7, 11) is 0.